The van der Waals surface area contributed by atoms with Crippen molar-refractivity contribution in [1.29, 1.82) is 0 Å². The van der Waals surface area contributed by atoms with Gasteiger partial charge in [-0.15, -0.1) is 0 Å². The van der Waals surface area contributed by atoms with Crippen molar-refractivity contribution in [2.75, 3.05) is 6.61 Å². The Balaban J connectivity index is 1.59. The van der Waals surface area contributed by atoms with Gasteiger partial charge in [-0.25, -0.2) is 9.18 Å². The Kier molecular flexibility index (Phi) is 6.21. The molecule has 30 heavy (non-hydrogen) atoms. The SMILES string of the molecule is CCCOc1ccc2cc(-c3ccc(C4CCC(CC)CC4)cc3)oc(=O)c2c1F. The lowest BCUT2D eigenvalue weighted by Gasteiger charge is -2.28. The molecule has 0 spiro atoms. The first-order valence-electron chi connectivity index (χ1n) is 11.1. The first-order valence-corrected chi connectivity index (χ1v) is 11.1. The summed E-state index contributed by atoms with van der Waals surface area (Å²) in [4.78, 5) is 12.5. The van der Waals surface area contributed by atoms with E-state index in [1.165, 1.54) is 37.7 Å². The molecular formula is C26H29FO3. The summed E-state index contributed by atoms with van der Waals surface area (Å²) >= 11 is 0. The van der Waals surface area contributed by atoms with Crippen molar-refractivity contribution in [3.8, 4) is 17.1 Å². The van der Waals surface area contributed by atoms with Gasteiger partial charge in [0, 0.05) is 5.56 Å². The van der Waals surface area contributed by atoms with Gasteiger partial charge in [-0.3, -0.25) is 0 Å². The van der Waals surface area contributed by atoms with Crippen molar-refractivity contribution >= 4 is 10.8 Å². The first kappa shape index (κ1) is 20.6. The third kappa shape index (κ3) is 4.14. The Morgan fingerprint density at radius 3 is 2.43 bits per heavy atom. The number of rotatable bonds is 6. The van der Waals surface area contributed by atoms with Crippen LogP contribution in [0.2, 0.25) is 0 Å². The summed E-state index contributed by atoms with van der Waals surface area (Å²) in [5, 5.41) is 0.459. The summed E-state index contributed by atoms with van der Waals surface area (Å²) < 4.78 is 25.6. The van der Waals surface area contributed by atoms with Crippen molar-refractivity contribution < 1.29 is 13.5 Å². The molecule has 0 aliphatic heterocycles. The number of hydrogen-bond donors (Lipinski definition) is 0. The largest absolute Gasteiger partial charge is 0.491 e. The van der Waals surface area contributed by atoms with Crippen molar-refractivity contribution in [3.63, 3.8) is 0 Å². The Labute approximate surface area is 176 Å². The van der Waals surface area contributed by atoms with Crippen LogP contribution in [0.3, 0.4) is 0 Å². The van der Waals surface area contributed by atoms with E-state index in [2.05, 4.69) is 19.1 Å². The van der Waals surface area contributed by atoms with E-state index in [0.717, 1.165) is 17.9 Å². The second kappa shape index (κ2) is 9.03. The standard InChI is InChI=1S/C26H29FO3/c1-3-15-29-22-14-13-21-16-23(30-26(28)24(21)25(22)27)20-11-9-19(10-12-20)18-7-5-17(4-2)6-8-18/h9-14,16-18H,3-8,15H2,1-2H3. The molecule has 3 aromatic rings. The summed E-state index contributed by atoms with van der Waals surface area (Å²) in [6.45, 7) is 4.63. The lowest BCUT2D eigenvalue weighted by Crippen LogP contribution is -2.12. The number of hydrogen-bond acceptors (Lipinski definition) is 3. The molecule has 0 unspecified atom stereocenters. The molecule has 0 bridgehead atoms. The predicted octanol–water partition coefficient (Wildman–Crippen LogP) is 7.07. The van der Waals surface area contributed by atoms with E-state index < -0.39 is 11.4 Å². The van der Waals surface area contributed by atoms with Crippen LogP contribution in [0.5, 0.6) is 5.75 Å². The molecule has 1 aliphatic rings. The zero-order valence-electron chi connectivity index (χ0n) is 17.7. The molecule has 3 nitrogen and oxygen atoms in total. The highest BCUT2D eigenvalue weighted by molar-refractivity contribution is 5.86. The molecule has 4 rings (SSSR count). The van der Waals surface area contributed by atoms with Gasteiger partial charge in [-0.1, -0.05) is 50.6 Å². The summed E-state index contributed by atoms with van der Waals surface area (Å²) in [5.41, 5.74) is 1.50. The molecule has 1 aromatic heterocycles. The third-order valence-corrected chi connectivity index (χ3v) is 6.38. The van der Waals surface area contributed by atoms with Crippen LogP contribution in [0.15, 0.2) is 51.7 Å². The van der Waals surface area contributed by atoms with E-state index in [4.69, 9.17) is 9.15 Å². The molecule has 2 aromatic carbocycles. The average molecular weight is 409 g/mol. The summed E-state index contributed by atoms with van der Waals surface area (Å²) in [6, 6.07) is 13.3. The van der Waals surface area contributed by atoms with Crippen molar-refractivity contribution in [1.82, 2.24) is 0 Å². The monoisotopic (exact) mass is 408 g/mol. The highest BCUT2D eigenvalue weighted by Crippen LogP contribution is 2.37. The molecule has 0 atom stereocenters. The van der Waals surface area contributed by atoms with E-state index >= 15 is 0 Å². The van der Waals surface area contributed by atoms with Gasteiger partial charge in [-0.2, -0.15) is 0 Å². The van der Waals surface area contributed by atoms with Crippen molar-refractivity contribution in [2.45, 2.75) is 58.3 Å². The van der Waals surface area contributed by atoms with Crippen molar-refractivity contribution in [2.24, 2.45) is 5.92 Å². The van der Waals surface area contributed by atoms with E-state index in [-0.39, 0.29) is 11.1 Å². The quantitative estimate of drug-likeness (QED) is 0.438. The fourth-order valence-corrected chi connectivity index (χ4v) is 4.51. The maximum absolute atomic E-state index is 14.7. The Bertz CT molecular complexity index is 1060. The molecule has 0 saturated heterocycles. The molecule has 1 fully saturated rings. The van der Waals surface area contributed by atoms with Gasteiger partial charge in [0.1, 0.15) is 11.1 Å². The summed E-state index contributed by atoms with van der Waals surface area (Å²) in [7, 11) is 0. The zero-order chi connectivity index (χ0) is 21.1. The van der Waals surface area contributed by atoms with Gasteiger partial charge >= 0.3 is 5.63 Å². The number of ether oxygens (including phenoxy) is 1. The molecule has 0 amide bonds. The maximum atomic E-state index is 14.7. The van der Waals surface area contributed by atoms with Crippen LogP contribution >= 0.6 is 0 Å². The summed E-state index contributed by atoms with van der Waals surface area (Å²) in [5.74, 6) is 1.38. The van der Waals surface area contributed by atoms with Gasteiger partial charge in [0.2, 0.25) is 0 Å². The van der Waals surface area contributed by atoms with E-state index in [0.29, 0.717) is 23.7 Å². The van der Waals surface area contributed by atoms with Gasteiger partial charge in [-0.05, 0) is 67.0 Å². The molecular weight excluding hydrogens is 379 g/mol. The van der Waals surface area contributed by atoms with Crippen LogP contribution in [-0.2, 0) is 0 Å². The lowest BCUT2D eigenvalue weighted by atomic mass is 9.78. The van der Waals surface area contributed by atoms with E-state index in [9.17, 15) is 9.18 Å². The molecule has 1 aliphatic carbocycles. The Morgan fingerprint density at radius 1 is 1.03 bits per heavy atom. The second-order valence-corrected chi connectivity index (χ2v) is 8.34. The molecule has 1 heterocycles. The van der Waals surface area contributed by atoms with Crippen LogP contribution in [-0.4, -0.2) is 6.61 Å². The van der Waals surface area contributed by atoms with Crippen LogP contribution in [0, 0.1) is 11.7 Å². The normalized spacial score (nSPS) is 19.2. The van der Waals surface area contributed by atoms with Crippen LogP contribution < -0.4 is 10.4 Å². The lowest BCUT2D eigenvalue weighted by molar-refractivity contribution is 0.302. The zero-order valence-corrected chi connectivity index (χ0v) is 17.7. The van der Waals surface area contributed by atoms with Gasteiger partial charge < -0.3 is 9.15 Å². The minimum atomic E-state index is -0.677. The van der Waals surface area contributed by atoms with Gasteiger partial charge in [0.15, 0.2) is 11.6 Å². The predicted molar refractivity (Wildman–Crippen MR) is 119 cm³/mol. The smallest absolute Gasteiger partial charge is 0.347 e. The van der Waals surface area contributed by atoms with Crippen molar-refractivity contribution in [3.05, 3.63) is 64.3 Å². The highest BCUT2D eigenvalue weighted by Gasteiger charge is 2.21. The van der Waals surface area contributed by atoms with E-state index in [1.54, 1.807) is 18.2 Å². The number of fused-ring (bicyclic) bond motifs is 1. The van der Waals surface area contributed by atoms with Gasteiger partial charge in [0.25, 0.3) is 0 Å². The van der Waals surface area contributed by atoms with Crippen LogP contribution in [0.1, 0.15) is 63.9 Å². The molecule has 0 N–H and O–H groups in total. The first-order chi connectivity index (χ1) is 14.6. The molecule has 4 heteroatoms. The van der Waals surface area contributed by atoms with E-state index in [1.807, 2.05) is 19.1 Å². The minimum Gasteiger partial charge on any atom is -0.491 e. The second-order valence-electron chi connectivity index (χ2n) is 8.34. The Hall–Kier alpha value is -2.62. The summed E-state index contributed by atoms with van der Waals surface area (Å²) in [6.07, 6.45) is 7.13. The Morgan fingerprint density at radius 2 is 1.77 bits per heavy atom. The minimum absolute atomic E-state index is 0.0587. The number of halogens is 1. The van der Waals surface area contributed by atoms with Crippen LogP contribution in [0.25, 0.3) is 22.1 Å². The molecule has 0 radical (unpaired) electrons. The molecule has 1 saturated carbocycles. The van der Waals surface area contributed by atoms with Crippen LogP contribution in [0.4, 0.5) is 4.39 Å². The topological polar surface area (TPSA) is 39.4 Å². The highest BCUT2D eigenvalue weighted by atomic mass is 19.1. The fraction of sp³-hybridized carbons (Fsp3) is 0.423. The number of benzene rings is 2. The average Bonchev–Trinajstić information content (AvgIpc) is 2.78. The molecule has 158 valence electrons. The van der Waals surface area contributed by atoms with Gasteiger partial charge in [0.05, 0.1) is 6.61 Å². The fourth-order valence-electron chi connectivity index (χ4n) is 4.51. The maximum Gasteiger partial charge on any atom is 0.347 e. The third-order valence-electron chi connectivity index (χ3n) is 6.38.